The van der Waals surface area contributed by atoms with Gasteiger partial charge >= 0.3 is 0 Å². The van der Waals surface area contributed by atoms with Crippen molar-refractivity contribution >= 4 is 39.1 Å². The topological polar surface area (TPSA) is 28.7 Å². The third kappa shape index (κ3) is 2.29. The van der Waals surface area contributed by atoms with Crippen molar-refractivity contribution in [1.82, 2.24) is 4.57 Å². The van der Waals surface area contributed by atoms with Crippen LogP contribution < -0.4 is 0 Å². The lowest BCUT2D eigenvalue weighted by Crippen LogP contribution is -1.98. The van der Waals surface area contributed by atoms with Crippen LogP contribution in [-0.2, 0) is 6.54 Å². The monoisotopic (exact) mass is 342 g/mol. The first-order valence-electron chi connectivity index (χ1n) is 5.33. The fraction of sp³-hybridized carbons (Fsp3) is 0.154. The second-order valence-corrected chi connectivity index (χ2v) is 5.37. The highest BCUT2D eigenvalue weighted by Crippen LogP contribution is 2.35. The predicted octanol–water partition coefficient (Wildman–Crippen LogP) is 5.12. The minimum Gasteiger partial charge on any atom is -0.334 e. The molecule has 0 unspecified atom stereocenters. The number of benzene rings is 1. The van der Waals surface area contributed by atoms with E-state index in [2.05, 4.69) is 22.0 Å². The summed E-state index contributed by atoms with van der Waals surface area (Å²) in [6, 6.07) is 9.27. The summed E-state index contributed by atoms with van der Waals surface area (Å²) in [5.74, 6) is 0. The molecule has 0 aliphatic heterocycles. The van der Waals surface area contributed by atoms with E-state index in [9.17, 15) is 5.26 Å². The third-order valence-electron chi connectivity index (χ3n) is 2.67. The van der Waals surface area contributed by atoms with Crippen molar-refractivity contribution in [3.63, 3.8) is 0 Å². The van der Waals surface area contributed by atoms with Gasteiger partial charge in [-0.05, 0) is 47.1 Å². The Hall–Kier alpha value is -0.950. The van der Waals surface area contributed by atoms with Gasteiger partial charge in [0.25, 0.3) is 0 Å². The molecule has 18 heavy (non-hydrogen) atoms. The van der Waals surface area contributed by atoms with Crippen LogP contribution in [0.4, 0.5) is 0 Å². The van der Waals surface area contributed by atoms with Gasteiger partial charge in [0.15, 0.2) is 0 Å². The minimum atomic E-state index is 0.541. The van der Waals surface area contributed by atoms with Gasteiger partial charge in [-0.2, -0.15) is 5.26 Å². The van der Waals surface area contributed by atoms with E-state index in [0.717, 1.165) is 22.4 Å². The number of halogens is 3. The molecule has 0 fully saturated rings. The molecule has 0 spiro atoms. The summed E-state index contributed by atoms with van der Waals surface area (Å²) >= 11 is 15.5. The van der Waals surface area contributed by atoms with Crippen LogP contribution in [0.25, 0.3) is 11.3 Å². The predicted molar refractivity (Wildman–Crippen MR) is 78.0 cm³/mol. The molecule has 2 aromatic rings. The highest BCUT2D eigenvalue weighted by Gasteiger charge is 2.16. The van der Waals surface area contributed by atoms with Crippen LogP contribution in [0, 0.1) is 11.3 Å². The Bertz CT molecular complexity index is 641. The van der Waals surface area contributed by atoms with Crippen molar-refractivity contribution in [3.8, 4) is 17.3 Å². The maximum Gasteiger partial charge on any atom is 0.101 e. The van der Waals surface area contributed by atoms with Crippen LogP contribution in [0.3, 0.4) is 0 Å². The Balaban J connectivity index is 2.74. The summed E-state index contributed by atoms with van der Waals surface area (Å²) in [6.45, 7) is 2.76. The van der Waals surface area contributed by atoms with Gasteiger partial charge in [0, 0.05) is 17.1 Å². The molecule has 2 nitrogen and oxygen atoms in total. The van der Waals surface area contributed by atoms with E-state index < -0.39 is 0 Å². The number of rotatable bonds is 2. The highest BCUT2D eigenvalue weighted by molar-refractivity contribution is 9.10. The molecule has 0 atom stereocenters. The Morgan fingerprint density at radius 2 is 2.06 bits per heavy atom. The normalized spacial score (nSPS) is 10.4. The average molecular weight is 344 g/mol. The molecule has 0 saturated carbocycles. The number of hydrogen-bond acceptors (Lipinski definition) is 1. The molecule has 0 N–H and O–H groups in total. The summed E-state index contributed by atoms with van der Waals surface area (Å²) in [7, 11) is 0. The number of nitrogens with zero attached hydrogens (tertiary/aromatic N) is 2. The summed E-state index contributed by atoms with van der Waals surface area (Å²) < 4.78 is 2.86. The fourth-order valence-electron chi connectivity index (χ4n) is 1.88. The lowest BCUT2D eigenvalue weighted by molar-refractivity contribution is 0.759. The zero-order valence-electron chi connectivity index (χ0n) is 9.54. The maximum absolute atomic E-state index is 9.21. The molecule has 0 aliphatic carbocycles. The van der Waals surface area contributed by atoms with Crippen LogP contribution in [0.15, 0.2) is 28.9 Å². The molecule has 0 radical (unpaired) electrons. The van der Waals surface area contributed by atoms with Crippen molar-refractivity contribution in [2.75, 3.05) is 0 Å². The summed E-state index contributed by atoms with van der Waals surface area (Å²) in [5, 5.41) is 10.3. The molecule has 1 heterocycles. The maximum atomic E-state index is 9.21. The van der Waals surface area contributed by atoms with Gasteiger partial charge in [-0.25, -0.2) is 0 Å². The zero-order chi connectivity index (χ0) is 13.3. The molecule has 2 rings (SSSR count). The molecule has 1 aromatic heterocycles. The second kappa shape index (κ2) is 5.36. The molecule has 1 aromatic carbocycles. The van der Waals surface area contributed by atoms with Gasteiger partial charge in [0.05, 0.1) is 20.9 Å². The molecular formula is C13H9BrCl2N2. The van der Waals surface area contributed by atoms with Crippen molar-refractivity contribution in [3.05, 3.63) is 44.5 Å². The van der Waals surface area contributed by atoms with Crippen LogP contribution in [0.5, 0.6) is 0 Å². The first-order chi connectivity index (χ1) is 8.58. The quantitative estimate of drug-likeness (QED) is 0.744. The van der Waals surface area contributed by atoms with Crippen molar-refractivity contribution in [1.29, 1.82) is 5.26 Å². The van der Waals surface area contributed by atoms with Crippen molar-refractivity contribution in [2.24, 2.45) is 0 Å². The molecule has 92 valence electrons. The van der Waals surface area contributed by atoms with E-state index >= 15 is 0 Å². The lowest BCUT2D eigenvalue weighted by atomic mass is 10.1. The van der Waals surface area contributed by atoms with Crippen LogP contribution in [-0.4, -0.2) is 4.57 Å². The summed E-state index contributed by atoms with van der Waals surface area (Å²) in [5.41, 5.74) is 2.21. The average Bonchev–Trinajstić information content (AvgIpc) is 2.65. The standard InChI is InChI=1S/C13H9BrCl2N2/c1-2-18-12(14)5-8(7-17)13(18)10-4-3-9(15)6-11(10)16/h3-6H,2H2,1H3. The number of nitriles is 1. The molecule has 0 aliphatic rings. The van der Waals surface area contributed by atoms with Crippen LogP contribution in [0.2, 0.25) is 10.0 Å². The van der Waals surface area contributed by atoms with E-state index in [-0.39, 0.29) is 0 Å². The first-order valence-corrected chi connectivity index (χ1v) is 6.88. The Kier molecular flexibility index (Phi) is 4.01. The van der Waals surface area contributed by atoms with Crippen molar-refractivity contribution in [2.45, 2.75) is 13.5 Å². The van der Waals surface area contributed by atoms with E-state index in [0.29, 0.717) is 15.6 Å². The molecular weight excluding hydrogens is 335 g/mol. The smallest absolute Gasteiger partial charge is 0.101 e. The van der Waals surface area contributed by atoms with E-state index in [1.165, 1.54) is 0 Å². The van der Waals surface area contributed by atoms with Gasteiger partial charge in [0.2, 0.25) is 0 Å². The van der Waals surface area contributed by atoms with Crippen LogP contribution in [0.1, 0.15) is 12.5 Å². The summed E-state index contributed by atoms with van der Waals surface area (Å²) in [6.07, 6.45) is 0. The van der Waals surface area contributed by atoms with Gasteiger partial charge < -0.3 is 4.57 Å². The number of aromatic nitrogens is 1. The third-order valence-corrected chi connectivity index (χ3v) is 3.87. The Morgan fingerprint density at radius 1 is 1.33 bits per heavy atom. The highest BCUT2D eigenvalue weighted by atomic mass is 79.9. The zero-order valence-corrected chi connectivity index (χ0v) is 12.6. The summed E-state index contributed by atoms with van der Waals surface area (Å²) in [4.78, 5) is 0. The second-order valence-electron chi connectivity index (χ2n) is 3.71. The van der Waals surface area contributed by atoms with Gasteiger partial charge in [-0.3, -0.25) is 0 Å². The van der Waals surface area contributed by atoms with Gasteiger partial charge in [0.1, 0.15) is 6.07 Å². The minimum absolute atomic E-state index is 0.541. The van der Waals surface area contributed by atoms with Gasteiger partial charge in [-0.15, -0.1) is 0 Å². The van der Waals surface area contributed by atoms with Crippen LogP contribution >= 0.6 is 39.1 Å². The molecule has 5 heteroatoms. The Labute approximate surface area is 124 Å². The van der Waals surface area contributed by atoms with Gasteiger partial charge in [-0.1, -0.05) is 23.2 Å². The fourth-order valence-corrected chi connectivity index (χ4v) is 3.04. The first kappa shape index (κ1) is 13.5. The van der Waals surface area contributed by atoms with Crippen molar-refractivity contribution < 1.29 is 0 Å². The largest absolute Gasteiger partial charge is 0.334 e. The molecule has 0 amide bonds. The number of hydrogen-bond donors (Lipinski definition) is 0. The molecule has 0 saturated heterocycles. The van der Waals surface area contributed by atoms with E-state index in [1.54, 1.807) is 18.2 Å². The van der Waals surface area contributed by atoms with E-state index in [1.807, 2.05) is 17.6 Å². The molecule has 0 bridgehead atoms. The Morgan fingerprint density at radius 3 is 2.61 bits per heavy atom. The van der Waals surface area contributed by atoms with E-state index in [4.69, 9.17) is 23.2 Å². The SMILES string of the molecule is CCn1c(Br)cc(C#N)c1-c1ccc(Cl)cc1Cl. The lowest BCUT2D eigenvalue weighted by Gasteiger charge is -2.10.